The van der Waals surface area contributed by atoms with Gasteiger partial charge in [0, 0.05) is 6.07 Å². The van der Waals surface area contributed by atoms with Crippen molar-refractivity contribution in [2.45, 2.75) is 6.92 Å². The van der Waals surface area contributed by atoms with Crippen LogP contribution >= 0.6 is 0 Å². The molecular weight excluding hydrogens is 359 g/mol. The van der Waals surface area contributed by atoms with Crippen molar-refractivity contribution in [1.82, 2.24) is 0 Å². The van der Waals surface area contributed by atoms with Gasteiger partial charge < -0.3 is 9.47 Å². The summed E-state index contributed by atoms with van der Waals surface area (Å²) in [5.41, 5.74) is 2.49. The van der Waals surface area contributed by atoms with Gasteiger partial charge >= 0.3 is 5.97 Å². The summed E-state index contributed by atoms with van der Waals surface area (Å²) < 4.78 is 24.0. The van der Waals surface area contributed by atoms with E-state index in [0.717, 1.165) is 5.56 Å². The topological polar surface area (TPSA) is 52.6 Å². The SMILES string of the molecule is Cc1ccc(C(=O)Oc2ccc3c(c2)OC(=Cc2ccc(F)cc2)C3=O)cc1. The van der Waals surface area contributed by atoms with Crippen LogP contribution in [0.1, 0.15) is 31.8 Å². The van der Waals surface area contributed by atoms with E-state index in [9.17, 15) is 14.0 Å². The highest BCUT2D eigenvalue weighted by Gasteiger charge is 2.28. The highest BCUT2D eigenvalue weighted by Crippen LogP contribution is 2.35. The maximum Gasteiger partial charge on any atom is 0.343 e. The molecule has 0 N–H and O–H groups in total. The molecule has 0 unspecified atom stereocenters. The minimum absolute atomic E-state index is 0.128. The Hall–Kier alpha value is -3.73. The van der Waals surface area contributed by atoms with Crippen LogP contribution in [0.4, 0.5) is 4.39 Å². The van der Waals surface area contributed by atoms with E-state index in [1.54, 1.807) is 42.5 Å². The van der Waals surface area contributed by atoms with Crippen LogP contribution < -0.4 is 9.47 Å². The molecule has 0 spiro atoms. The van der Waals surface area contributed by atoms with Gasteiger partial charge in [-0.2, -0.15) is 0 Å². The van der Waals surface area contributed by atoms with Crippen LogP contribution in [0.3, 0.4) is 0 Å². The molecule has 1 aliphatic rings. The molecule has 0 saturated carbocycles. The third-order valence-electron chi connectivity index (χ3n) is 4.31. The number of hydrogen-bond acceptors (Lipinski definition) is 4. The van der Waals surface area contributed by atoms with Crippen molar-refractivity contribution in [2.75, 3.05) is 0 Å². The van der Waals surface area contributed by atoms with Gasteiger partial charge in [-0.25, -0.2) is 9.18 Å². The molecule has 0 aromatic heterocycles. The fraction of sp³-hybridized carbons (Fsp3) is 0.0435. The standard InChI is InChI=1S/C23H15FO4/c1-14-2-6-16(7-3-14)23(26)27-18-10-11-19-20(13-18)28-21(22(19)25)12-15-4-8-17(24)9-5-15/h2-13H,1H3. The highest BCUT2D eigenvalue weighted by molar-refractivity contribution is 6.14. The van der Waals surface area contributed by atoms with Crippen LogP contribution in [0, 0.1) is 12.7 Å². The number of ether oxygens (including phenoxy) is 2. The Morgan fingerprint density at radius 2 is 1.71 bits per heavy atom. The van der Waals surface area contributed by atoms with Crippen molar-refractivity contribution in [3.05, 3.63) is 101 Å². The number of halogens is 1. The van der Waals surface area contributed by atoms with Crippen LogP contribution in [0.25, 0.3) is 6.08 Å². The maximum absolute atomic E-state index is 13.0. The molecule has 0 amide bonds. The normalized spacial score (nSPS) is 13.9. The van der Waals surface area contributed by atoms with Gasteiger partial charge in [-0.05, 0) is 55.0 Å². The summed E-state index contributed by atoms with van der Waals surface area (Å²) in [5, 5.41) is 0. The number of benzene rings is 3. The van der Waals surface area contributed by atoms with Gasteiger partial charge in [0.1, 0.15) is 17.3 Å². The first-order valence-electron chi connectivity index (χ1n) is 8.62. The second-order valence-corrected chi connectivity index (χ2v) is 6.40. The van der Waals surface area contributed by atoms with Crippen molar-refractivity contribution in [3.63, 3.8) is 0 Å². The summed E-state index contributed by atoms with van der Waals surface area (Å²) >= 11 is 0. The Labute approximate surface area is 160 Å². The lowest BCUT2D eigenvalue weighted by Gasteiger charge is -2.06. The average molecular weight is 374 g/mol. The molecular formula is C23H15FO4. The van der Waals surface area contributed by atoms with E-state index in [4.69, 9.17) is 9.47 Å². The van der Waals surface area contributed by atoms with Crippen molar-refractivity contribution in [3.8, 4) is 11.5 Å². The molecule has 138 valence electrons. The molecule has 3 aromatic carbocycles. The summed E-state index contributed by atoms with van der Waals surface area (Å²) in [6.45, 7) is 1.93. The number of esters is 1. The molecule has 3 aromatic rings. The first-order chi connectivity index (χ1) is 13.5. The van der Waals surface area contributed by atoms with E-state index in [2.05, 4.69) is 0 Å². The first-order valence-corrected chi connectivity index (χ1v) is 8.62. The van der Waals surface area contributed by atoms with E-state index < -0.39 is 5.97 Å². The predicted molar refractivity (Wildman–Crippen MR) is 102 cm³/mol. The zero-order valence-corrected chi connectivity index (χ0v) is 14.9. The Bertz CT molecular complexity index is 1100. The zero-order valence-electron chi connectivity index (χ0n) is 14.9. The van der Waals surface area contributed by atoms with Crippen LogP contribution in [0.15, 0.2) is 72.5 Å². The molecule has 28 heavy (non-hydrogen) atoms. The minimum Gasteiger partial charge on any atom is -0.452 e. The molecule has 0 saturated heterocycles. The molecule has 0 aliphatic carbocycles. The average Bonchev–Trinajstić information content (AvgIpc) is 2.99. The van der Waals surface area contributed by atoms with Crippen molar-refractivity contribution < 1.29 is 23.5 Å². The third-order valence-corrected chi connectivity index (χ3v) is 4.31. The molecule has 0 atom stereocenters. The van der Waals surface area contributed by atoms with Crippen LogP contribution in [0.5, 0.6) is 11.5 Å². The predicted octanol–water partition coefficient (Wildman–Crippen LogP) is 4.97. The number of aryl methyl sites for hydroxylation is 1. The van der Waals surface area contributed by atoms with E-state index in [1.165, 1.54) is 18.2 Å². The quantitative estimate of drug-likeness (QED) is 0.369. The molecule has 0 fully saturated rings. The van der Waals surface area contributed by atoms with Gasteiger partial charge in [-0.3, -0.25) is 4.79 Å². The van der Waals surface area contributed by atoms with Gasteiger partial charge in [0.15, 0.2) is 5.76 Å². The molecule has 4 nitrogen and oxygen atoms in total. The highest BCUT2D eigenvalue weighted by atomic mass is 19.1. The summed E-state index contributed by atoms with van der Waals surface area (Å²) in [6, 6.07) is 17.4. The number of ketones is 1. The van der Waals surface area contributed by atoms with Crippen molar-refractivity contribution in [2.24, 2.45) is 0 Å². The Morgan fingerprint density at radius 3 is 2.43 bits per heavy atom. The molecule has 5 heteroatoms. The van der Waals surface area contributed by atoms with E-state index in [0.29, 0.717) is 22.4 Å². The lowest BCUT2D eigenvalue weighted by atomic mass is 10.1. The van der Waals surface area contributed by atoms with Crippen molar-refractivity contribution >= 4 is 17.8 Å². The number of carbonyl (C=O) groups excluding carboxylic acids is 2. The number of allylic oxidation sites excluding steroid dienone is 1. The summed E-state index contributed by atoms with van der Waals surface area (Å²) in [4.78, 5) is 24.7. The van der Waals surface area contributed by atoms with Crippen LogP contribution in [-0.2, 0) is 0 Å². The smallest absolute Gasteiger partial charge is 0.343 e. The largest absolute Gasteiger partial charge is 0.452 e. The first kappa shape index (κ1) is 17.7. The van der Waals surface area contributed by atoms with E-state index in [1.807, 2.05) is 19.1 Å². The molecule has 0 radical (unpaired) electrons. The fourth-order valence-electron chi connectivity index (χ4n) is 2.80. The van der Waals surface area contributed by atoms with Gasteiger partial charge in [-0.15, -0.1) is 0 Å². The number of fused-ring (bicyclic) bond motifs is 1. The third kappa shape index (κ3) is 3.55. The number of rotatable bonds is 3. The Kier molecular flexibility index (Phi) is 4.49. The van der Waals surface area contributed by atoms with E-state index >= 15 is 0 Å². The maximum atomic E-state index is 13.0. The van der Waals surface area contributed by atoms with Gasteiger partial charge in [-0.1, -0.05) is 29.8 Å². The van der Waals surface area contributed by atoms with Crippen LogP contribution in [0.2, 0.25) is 0 Å². The molecule has 1 heterocycles. The van der Waals surface area contributed by atoms with Gasteiger partial charge in [0.25, 0.3) is 0 Å². The van der Waals surface area contributed by atoms with E-state index in [-0.39, 0.29) is 23.1 Å². The molecule has 1 aliphatic heterocycles. The minimum atomic E-state index is -0.494. The lowest BCUT2D eigenvalue weighted by Crippen LogP contribution is -2.08. The second-order valence-electron chi connectivity index (χ2n) is 6.40. The fourth-order valence-corrected chi connectivity index (χ4v) is 2.80. The Balaban J connectivity index is 1.54. The zero-order chi connectivity index (χ0) is 19.7. The summed E-state index contributed by atoms with van der Waals surface area (Å²) in [5.74, 6) is -0.414. The number of carbonyl (C=O) groups is 2. The number of hydrogen-bond donors (Lipinski definition) is 0. The van der Waals surface area contributed by atoms with Gasteiger partial charge in [0.05, 0.1) is 11.1 Å². The molecule has 0 bridgehead atoms. The number of Topliss-reactive ketones (excluding diaryl/α,β-unsaturated/α-hetero) is 1. The Morgan fingerprint density at radius 1 is 1.00 bits per heavy atom. The summed E-state index contributed by atoms with van der Waals surface area (Å²) in [6.07, 6.45) is 1.54. The second kappa shape index (κ2) is 7.12. The summed E-state index contributed by atoms with van der Waals surface area (Å²) in [7, 11) is 0. The lowest BCUT2D eigenvalue weighted by molar-refractivity contribution is 0.0734. The molecule has 4 rings (SSSR count). The van der Waals surface area contributed by atoms with Gasteiger partial charge in [0.2, 0.25) is 5.78 Å². The monoisotopic (exact) mass is 374 g/mol. The van der Waals surface area contributed by atoms with Crippen LogP contribution in [-0.4, -0.2) is 11.8 Å². The van der Waals surface area contributed by atoms with Crippen molar-refractivity contribution in [1.29, 1.82) is 0 Å².